The van der Waals surface area contributed by atoms with E-state index in [-0.39, 0.29) is 12.8 Å². The number of methoxy groups -OCH3 is 1. The second kappa shape index (κ2) is 5.73. The van der Waals surface area contributed by atoms with Crippen molar-refractivity contribution in [2.45, 2.75) is 51.1 Å². The van der Waals surface area contributed by atoms with Gasteiger partial charge in [-0.1, -0.05) is 6.42 Å². The molecule has 1 aromatic carbocycles. The molecule has 126 valence electrons. The molecule has 0 atom stereocenters. The molecular weight excluding hydrogens is 307 g/mol. The molecule has 23 heavy (non-hydrogen) atoms. The minimum Gasteiger partial charge on any atom is -0.495 e. The van der Waals surface area contributed by atoms with Crippen LogP contribution in [0.1, 0.15) is 43.2 Å². The van der Waals surface area contributed by atoms with Crippen molar-refractivity contribution in [3.63, 3.8) is 0 Å². The molecular formula is C17H20F3NO2. The Hall–Kier alpha value is -1.72. The van der Waals surface area contributed by atoms with Crippen LogP contribution >= 0.6 is 0 Å². The summed E-state index contributed by atoms with van der Waals surface area (Å²) in [4.78, 5) is 12.2. The number of fused-ring (bicyclic) bond motifs is 1. The number of halogens is 3. The van der Waals surface area contributed by atoms with Crippen LogP contribution < -0.4 is 10.1 Å². The predicted molar refractivity (Wildman–Crippen MR) is 80.6 cm³/mol. The smallest absolute Gasteiger partial charge is 0.403 e. The summed E-state index contributed by atoms with van der Waals surface area (Å²) in [6.07, 6.45) is 0.314. The molecule has 0 spiro atoms. The molecule has 2 aliphatic rings. The van der Waals surface area contributed by atoms with E-state index in [1.165, 1.54) is 7.11 Å². The summed E-state index contributed by atoms with van der Waals surface area (Å²) >= 11 is 0. The number of ether oxygens (including phenoxy) is 1. The van der Waals surface area contributed by atoms with Gasteiger partial charge in [0.05, 0.1) is 12.8 Å². The highest BCUT2D eigenvalue weighted by Gasteiger charge is 2.68. The topological polar surface area (TPSA) is 38.3 Å². The third kappa shape index (κ3) is 2.91. The number of carbonyl (C=O) groups excluding carboxylic acids is 1. The zero-order valence-electron chi connectivity index (χ0n) is 13.1. The maximum Gasteiger partial charge on any atom is 0.403 e. The Labute approximate surface area is 133 Å². The van der Waals surface area contributed by atoms with E-state index >= 15 is 0 Å². The van der Waals surface area contributed by atoms with Crippen LogP contribution in [0, 0.1) is 5.41 Å². The maximum atomic E-state index is 13.1. The van der Waals surface area contributed by atoms with Crippen LogP contribution in [0.5, 0.6) is 5.75 Å². The van der Waals surface area contributed by atoms with Crippen LogP contribution in [0.15, 0.2) is 12.1 Å². The lowest BCUT2D eigenvalue weighted by molar-refractivity contribution is -0.189. The second-order valence-electron chi connectivity index (χ2n) is 6.42. The number of alkyl halides is 3. The summed E-state index contributed by atoms with van der Waals surface area (Å²) in [5, 5.41) is 2.46. The third-order valence-electron chi connectivity index (χ3n) is 4.89. The molecule has 1 fully saturated rings. The first-order chi connectivity index (χ1) is 10.9. The Morgan fingerprint density at radius 1 is 1.13 bits per heavy atom. The summed E-state index contributed by atoms with van der Waals surface area (Å²) in [5.41, 5.74) is 0.378. The first kappa shape index (κ1) is 16.1. The van der Waals surface area contributed by atoms with E-state index < -0.39 is 17.5 Å². The molecule has 1 aromatic rings. The van der Waals surface area contributed by atoms with Crippen LogP contribution in [-0.2, 0) is 17.6 Å². The van der Waals surface area contributed by atoms with E-state index in [0.717, 1.165) is 43.2 Å². The second-order valence-corrected chi connectivity index (χ2v) is 6.42. The van der Waals surface area contributed by atoms with Crippen LogP contribution in [0.3, 0.4) is 0 Å². The molecule has 0 heterocycles. The zero-order chi connectivity index (χ0) is 16.7. The summed E-state index contributed by atoms with van der Waals surface area (Å²) in [7, 11) is 1.46. The quantitative estimate of drug-likeness (QED) is 0.843. The van der Waals surface area contributed by atoms with Crippen LogP contribution in [-0.4, -0.2) is 19.2 Å². The number of carbonyl (C=O) groups is 1. The number of hydrogen-bond donors (Lipinski definition) is 1. The van der Waals surface area contributed by atoms with Gasteiger partial charge in [-0.25, -0.2) is 0 Å². The van der Waals surface area contributed by atoms with Gasteiger partial charge in [0.1, 0.15) is 11.2 Å². The number of nitrogens with one attached hydrogen (secondary N) is 1. The largest absolute Gasteiger partial charge is 0.495 e. The molecule has 0 aliphatic heterocycles. The Bertz CT molecular complexity index is 621. The van der Waals surface area contributed by atoms with Crippen molar-refractivity contribution in [1.29, 1.82) is 0 Å². The maximum absolute atomic E-state index is 13.1. The van der Waals surface area contributed by atoms with Gasteiger partial charge in [0.25, 0.3) is 0 Å². The SMILES string of the molecule is COc1cc2c(cc1NC(=O)C1(C(F)(F)F)CC1)CCCCC2. The van der Waals surface area contributed by atoms with Crippen molar-refractivity contribution >= 4 is 11.6 Å². The monoisotopic (exact) mass is 327 g/mol. The molecule has 2 aliphatic carbocycles. The number of benzene rings is 1. The number of rotatable bonds is 3. The molecule has 6 heteroatoms. The summed E-state index contributed by atoms with van der Waals surface area (Å²) < 4.78 is 44.5. The fourth-order valence-corrected chi connectivity index (χ4v) is 3.21. The average molecular weight is 327 g/mol. The summed E-state index contributed by atoms with van der Waals surface area (Å²) in [6, 6.07) is 3.63. The van der Waals surface area contributed by atoms with E-state index in [1.54, 1.807) is 6.07 Å². The van der Waals surface area contributed by atoms with Gasteiger partial charge >= 0.3 is 6.18 Å². The van der Waals surface area contributed by atoms with Gasteiger partial charge in [-0.3, -0.25) is 4.79 Å². The molecule has 0 unspecified atom stereocenters. The summed E-state index contributed by atoms with van der Waals surface area (Å²) in [5.74, 6) is -0.547. The first-order valence-corrected chi connectivity index (χ1v) is 7.95. The van der Waals surface area contributed by atoms with E-state index in [9.17, 15) is 18.0 Å². The highest BCUT2D eigenvalue weighted by molar-refractivity contribution is 5.99. The lowest BCUT2D eigenvalue weighted by Gasteiger charge is -2.20. The van der Waals surface area contributed by atoms with Crippen molar-refractivity contribution in [1.82, 2.24) is 0 Å². The van der Waals surface area contributed by atoms with Gasteiger partial charge in [0, 0.05) is 0 Å². The Morgan fingerprint density at radius 2 is 1.74 bits per heavy atom. The fraction of sp³-hybridized carbons (Fsp3) is 0.588. The number of anilines is 1. The van der Waals surface area contributed by atoms with Crippen molar-refractivity contribution in [3.05, 3.63) is 23.3 Å². The van der Waals surface area contributed by atoms with Crippen LogP contribution in [0.2, 0.25) is 0 Å². The molecule has 3 nitrogen and oxygen atoms in total. The Balaban J connectivity index is 1.88. The summed E-state index contributed by atoms with van der Waals surface area (Å²) in [6.45, 7) is 0. The molecule has 0 bridgehead atoms. The number of aryl methyl sites for hydroxylation is 2. The molecule has 1 N–H and O–H groups in total. The first-order valence-electron chi connectivity index (χ1n) is 7.95. The molecule has 0 aromatic heterocycles. The highest BCUT2D eigenvalue weighted by Crippen LogP contribution is 2.58. The van der Waals surface area contributed by atoms with Gasteiger partial charge in [-0.05, 0) is 61.8 Å². The molecule has 1 saturated carbocycles. The average Bonchev–Trinajstić information content (AvgIpc) is 3.30. The van der Waals surface area contributed by atoms with Gasteiger partial charge in [-0.2, -0.15) is 13.2 Å². The van der Waals surface area contributed by atoms with Gasteiger partial charge in [0.15, 0.2) is 0 Å². The van der Waals surface area contributed by atoms with E-state index in [4.69, 9.17) is 4.74 Å². The lowest BCUT2D eigenvalue weighted by Crippen LogP contribution is -2.37. The third-order valence-corrected chi connectivity index (χ3v) is 4.89. The molecule has 0 saturated heterocycles. The minimum atomic E-state index is -4.50. The van der Waals surface area contributed by atoms with Crippen molar-refractivity contribution in [2.24, 2.45) is 5.41 Å². The van der Waals surface area contributed by atoms with Gasteiger partial charge in [-0.15, -0.1) is 0 Å². The molecule has 1 amide bonds. The fourth-order valence-electron chi connectivity index (χ4n) is 3.21. The van der Waals surface area contributed by atoms with Crippen molar-refractivity contribution in [3.8, 4) is 5.75 Å². The van der Waals surface area contributed by atoms with Gasteiger partial charge in [0.2, 0.25) is 5.91 Å². The Morgan fingerprint density at radius 3 is 2.26 bits per heavy atom. The highest BCUT2D eigenvalue weighted by atomic mass is 19.4. The van der Waals surface area contributed by atoms with Gasteiger partial charge < -0.3 is 10.1 Å². The normalized spacial score (nSPS) is 19.5. The van der Waals surface area contributed by atoms with Crippen LogP contribution in [0.4, 0.5) is 18.9 Å². The zero-order valence-corrected chi connectivity index (χ0v) is 13.1. The standard InChI is InChI=1S/C17H20F3NO2/c1-23-14-10-12-6-4-2-3-5-11(12)9-13(14)21-15(22)16(7-8-16)17(18,19)20/h9-10H,2-8H2,1H3,(H,21,22). The Kier molecular flexibility index (Phi) is 4.02. The van der Waals surface area contributed by atoms with E-state index in [1.807, 2.05) is 6.07 Å². The molecule has 3 rings (SSSR count). The van der Waals surface area contributed by atoms with E-state index in [2.05, 4.69) is 5.32 Å². The minimum absolute atomic E-state index is 0.143. The van der Waals surface area contributed by atoms with Crippen LogP contribution in [0.25, 0.3) is 0 Å². The lowest BCUT2D eigenvalue weighted by atomic mass is 10.0. The number of amides is 1. The predicted octanol–water partition coefficient (Wildman–Crippen LogP) is 4.25. The van der Waals surface area contributed by atoms with E-state index in [0.29, 0.717) is 11.4 Å². The molecule has 0 radical (unpaired) electrons. The van der Waals surface area contributed by atoms with Crippen molar-refractivity contribution in [2.75, 3.05) is 12.4 Å². The number of hydrogen-bond acceptors (Lipinski definition) is 2. The van der Waals surface area contributed by atoms with Crippen molar-refractivity contribution < 1.29 is 22.7 Å².